The highest BCUT2D eigenvalue weighted by atomic mass is 35.5. The highest BCUT2D eigenvalue weighted by Gasteiger charge is 2.24. The summed E-state index contributed by atoms with van der Waals surface area (Å²) in [6, 6.07) is 11.2. The van der Waals surface area contributed by atoms with Gasteiger partial charge in [-0.3, -0.25) is 9.78 Å². The van der Waals surface area contributed by atoms with Crippen molar-refractivity contribution in [3.8, 4) is 5.75 Å². The van der Waals surface area contributed by atoms with Crippen molar-refractivity contribution in [2.24, 2.45) is 11.7 Å². The van der Waals surface area contributed by atoms with E-state index in [1.807, 2.05) is 24.3 Å². The Morgan fingerprint density at radius 2 is 1.96 bits per heavy atom. The Hall–Kier alpha value is -1.82. The van der Waals surface area contributed by atoms with Crippen LogP contribution in [0, 0.1) is 5.92 Å². The van der Waals surface area contributed by atoms with Crippen LogP contribution in [0.2, 0.25) is 0 Å². The summed E-state index contributed by atoms with van der Waals surface area (Å²) in [6.45, 7) is 0.903. The number of amides is 1. The van der Waals surface area contributed by atoms with E-state index in [9.17, 15) is 4.79 Å². The molecule has 1 aliphatic carbocycles. The molecule has 1 unspecified atom stereocenters. The predicted molar refractivity (Wildman–Crippen MR) is 116 cm³/mol. The number of hydrogen-bond acceptors (Lipinski definition) is 4. The molecule has 3 rings (SSSR count). The van der Waals surface area contributed by atoms with E-state index in [4.69, 9.17) is 10.5 Å². The van der Waals surface area contributed by atoms with E-state index in [0.717, 1.165) is 18.4 Å². The fourth-order valence-electron chi connectivity index (χ4n) is 3.53. The minimum atomic E-state index is -0.0853. The van der Waals surface area contributed by atoms with E-state index in [0.29, 0.717) is 30.4 Å². The van der Waals surface area contributed by atoms with Crippen molar-refractivity contribution >= 4 is 30.7 Å². The number of benzene rings is 1. The number of nitrogens with zero attached hydrogens (tertiary/aromatic N) is 1. The Morgan fingerprint density at radius 3 is 2.64 bits per heavy atom. The molecular weight excluding hydrogens is 397 g/mol. The Bertz CT molecular complexity index is 710. The van der Waals surface area contributed by atoms with Gasteiger partial charge in [-0.15, -0.1) is 24.8 Å². The zero-order valence-corrected chi connectivity index (χ0v) is 17.5. The topological polar surface area (TPSA) is 77.2 Å². The number of rotatable bonds is 7. The van der Waals surface area contributed by atoms with Crippen molar-refractivity contribution in [2.75, 3.05) is 6.54 Å². The van der Waals surface area contributed by atoms with Crippen LogP contribution in [0.4, 0.5) is 0 Å². The van der Waals surface area contributed by atoms with Gasteiger partial charge in [0, 0.05) is 36.1 Å². The van der Waals surface area contributed by atoms with Gasteiger partial charge in [-0.05, 0) is 43.0 Å². The van der Waals surface area contributed by atoms with Crippen molar-refractivity contribution in [3.05, 3.63) is 59.9 Å². The minimum absolute atomic E-state index is 0. The third-order valence-electron chi connectivity index (χ3n) is 5.01. The van der Waals surface area contributed by atoms with Crippen LogP contribution in [0.15, 0.2) is 48.8 Å². The van der Waals surface area contributed by atoms with Gasteiger partial charge in [-0.25, -0.2) is 0 Å². The van der Waals surface area contributed by atoms with E-state index < -0.39 is 0 Å². The van der Waals surface area contributed by atoms with E-state index in [-0.39, 0.29) is 36.8 Å². The molecule has 1 saturated carbocycles. The van der Waals surface area contributed by atoms with Gasteiger partial charge in [0.05, 0.1) is 0 Å². The average molecular weight is 426 g/mol. The maximum atomic E-state index is 12.7. The number of pyridine rings is 1. The van der Waals surface area contributed by atoms with Gasteiger partial charge < -0.3 is 15.8 Å². The van der Waals surface area contributed by atoms with Crippen LogP contribution < -0.4 is 15.8 Å². The molecule has 1 amide bonds. The van der Waals surface area contributed by atoms with Crippen LogP contribution in [-0.2, 0) is 6.61 Å². The molecule has 3 N–H and O–H groups in total. The number of carbonyl (C=O) groups is 1. The Kier molecular flexibility index (Phi) is 10.9. The zero-order chi connectivity index (χ0) is 18.2. The summed E-state index contributed by atoms with van der Waals surface area (Å²) >= 11 is 0. The van der Waals surface area contributed by atoms with Crippen molar-refractivity contribution in [1.29, 1.82) is 0 Å². The second-order valence-corrected chi connectivity index (χ2v) is 6.89. The minimum Gasteiger partial charge on any atom is -0.489 e. The second kappa shape index (κ2) is 12.6. The Labute approximate surface area is 179 Å². The maximum absolute atomic E-state index is 12.7. The smallest absolute Gasteiger partial charge is 0.251 e. The molecule has 1 fully saturated rings. The number of aromatic nitrogens is 1. The van der Waals surface area contributed by atoms with Crippen molar-refractivity contribution in [2.45, 2.75) is 44.8 Å². The van der Waals surface area contributed by atoms with Crippen LogP contribution in [0.25, 0.3) is 0 Å². The summed E-state index contributed by atoms with van der Waals surface area (Å²) in [5.74, 6) is 1.07. The SMILES string of the molecule is Cl.Cl.NCC(NC(=O)c1cccc(OCc2cccnc2)c1)C1CCCCC1. The lowest BCUT2D eigenvalue weighted by atomic mass is 9.84. The molecule has 0 spiro atoms. The largest absolute Gasteiger partial charge is 0.489 e. The first kappa shape index (κ1) is 24.2. The summed E-state index contributed by atoms with van der Waals surface area (Å²) < 4.78 is 5.79. The van der Waals surface area contributed by atoms with Crippen LogP contribution in [0.1, 0.15) is 48.0 Å². The van der Waals surface area contributed by atoms with E-state index in [2.05, 4.69) is 10.3 Å². The first-order valence-electron chi connectivity index (χ1n) is 9.39. The fraction of sp³-hybridized carbons (Fsp3) is 0.429. The van der Waals surface area contributed by atoms with Gasteiger partial charge in [-0.1, -0.05) is 31.4 Å². The molecule has 0 radical (unpaired) electrons. The number of halogens is 2. The van der Waals surface area contributed by atoms with Gasteiger partial charge in [0.15, 0.2) is 0 Å². The quantitative estimate of drug-likeness (QED) is 0.698. The lowest BCUT2D eigenvalue weighted by molar-refractivity contribution is 0.0915. The molecule has 2 aromatic rings. The van der Waals surface area contributed by atoms with Crippen molar-refractivity contribution < 1.29 is 9.53 Å². The molecule has 1 aromatic heterocycles. The summed E-state index contributed by atoms with van der Waals surface area (Å²) in [5, 5.41) is 3.12. The summed E-state index contributed by atoms with van der Waals surface area (Å²) in [7, 11) is 0. The molecule has 7 heteroatoms. The van der Waals surface area contributed by atoms with Gasteiger partial charge in [-0.2, -0.15) is 0 Å². The predicted octanol–water partition coefficient (Wildman–Crippen LogP) is 4.14. The molecule has 0 bridgehead atoms. The third kappa shape index (κ3) is 6.97. The highest BCUT2D eigenvalue weighted by molar-refractivity contribution is 5.94. The molecule has 5 nitrogen and oxygen atoms in total. The van der Waals surface area contributed by atoms with E-state index in [1.165, 1.54) is 19.3 Å². The molecule has 0 aliphatic heterocycles. The third-order valence-corrected chi connectivity index (χ3v) is 5.01. The van der Waals surface area contributed by atoms with Gasteiger partial charge in [0.2, 0.25) is 0 Å². The number of ether oxygens (including phenoxy) is 1. The van der Waals surface area contributed by atoms with Crippen LogP contribution in [0.3, 0.4) is 0 Å². The number of carbonyl (C=O) groups excluding carboxylic acids is 1. The van der Waals surface area contributed by atoms with Gasteiger partial charge in [0.1, 0.15) is 12.4 Å². The molecule has 154 valence electrons. The molecule has 1 heterocycles. The van der Waals surface area contributed by atoms with Crippen LogP contribution in [-0.4, -0.2) is 23.5 Å². The standard InChI is InChI=1S/C21H27N3O2.2ClH/c22-13-20(17-7-2-1-3-8-17)24-21(25)18-9-4-10-19(12-18)26-15-16-6-5-11-23-14-16;;/h4-6,9-12,14,17,20H,1-3,7-8,13,15,22H2,(H,24,25);2*1H. The Balaban J connectivity index is 0.00000196. The normalized spacial score (nSPS) is 14.9. The summed E-state index contributed by atoms with van der Waals surface area (Å²) in [6.07, 6.45) is 9.55. The molecule has 1 atom stereocenters. The van der Waals surface area contributed by atoms with Gasteiger partial charge >= 0.3 is 0 Å². The van der Waals surface area contributed by atoms with Crippen molar-refractivity contribution in [1.82, 2.24) is 10.3 Å². The monoisotopic (exact) mass is 425 g/mol. The van der Waals surface area contributed by atoms with Crippen LogP contribution >= 0.6 is 24.8 Å². The molecule has 0 saturated heterocycles. The first-order chi connectivity index (χ1) is 12.8. The molecule has 28 heavy (non-hydrogen) atoms. The van der Waals surface area contributed by atoms with E-state index >= 15 is 0 Å². The average Bonchev–Trinajstić information content (AvgIpc) is 2.72. The Morgan fingerprint density at radius 1 is 1.18 bits per heavy atom. The number of nitrogens with two attached hydrogens (primary N) is 1. The molecule has 1 aromatic carbocycles. The number of nitrogens with one attached hydrogen (secondary N) is 1. The first-order valence-corrected chi connectivity index (χ1v) is 9.39. The zero-order valence-electron chi connectivity index (χ0n) is 15.9. The summed E-state index contributed by atoms with van der Waals surface area (Å²) in [4.78, 5) is 16.7. The second-order valence-electron chi connectivity index (χ2n) is 6.89. The fourth-order valence-corrected chi connectivity index (χ4v) is 3.53. The van der Waals surface area contributed by atoms with E-state index in [1.54, 1.807) is 24.5 Å². The van der Waals surface area contributed by atoms with Crippen LogP contribution in [0.5, 0.6) is 5.75 Å². The number of hydrogen-bond donors (Lipinski definition) is 2. The molecule has 1 aliphatic rings. The van der Waals surface area contributed by atoms with Gasteiger partial charge in [0.25, 0.3) is 5.91 Å². The molecular formula is C21H29Cl2N3O2. The maximum Gasteiger partial charge on any atom is 0.251 e. The summed E-state index contributed by atoms with van der Waals surface area (Å²) in [5.41, 5.74) is 7.52. The highest BCUT2D eigenvalue weighted by Crippen LogP contribution is 2.26. The lowest BCUT2D eigenvalue weighted by Gasteiger charge is -2.30. The van der Waals surface area contributed by atoms with Crippen molar-refractivity contribution in [3.63, 3.8) is 0 Å². The lowest BCUT2D eigenvalue weighted by Crippen LogP contribution is -2.45.